The Morgan fingerprint density at radius 1 is 1.16 bits per heavy atom. The van der Waals surface area contributed by atoms with E-state index in [2.05, 4.69) is 0 Å². The number of benzene rings is 2. The minimum atomic E-state index is -0.408. The summed E-state index contributed by atoms with van der Waals surface area (Å²) in [7, 11) is 0. The SMILES string of the molecule is Cc1cc(Cl)cc(C(=O)Cc2cc(F)ccc2Cl)c1. The monoisotopic (exact) mass is 296 g/mol. The van der Waals surface area contributed by atoms with Gasteiger partial charge in [-0.05, 0) is 54.4 Å². The molecule has 0 unspecified atom stereocenters. The molecule has 0 amide bonds. The van der Waals surface area contributed by atoms with Crippen molar-refractivity contribution >= 4 is 29.0 Å². The number of aryl methyl sites for hydroxylation is 1. The summed E-state index contributed by atoms with van der Waals surface area (Å²) in [6.07, 6.45) is 0.0520. The smallest absolute Gasteiger partial charge is 0.167 e. The lowest BCUT2D eigenvalue weighted by atomic mass is 10.0. The van der Waals surface area contributed by atoms with Crippen LogP contribution >= 0.6 is 23.2 Å². The Morgan fingerprint density at radius 3 is 2.58 bits per heavy atom. The van der Waals surface area contributed by atoms with Crippen molar-refractivity contribution in [1.82, 2.24) is 0 Å². The third-order valence-corrected chi connectivity index (χ3v) is 3.31. The van der Waals surface area contributed by atoms with Gasteiger partial charge in [-0.2, -0.15) is 0 Å². The Morgan fingerprint density at radius 2 is 1.89 bits per heavy atom. The first-order chi connectivity index (χ1) is 8.95. The van der Waals surface area contributed by atoms with Gasteiger partial charge in [0.25, 0.3) is 0 Å². The molecule has 0 atom stereocenters. The maximum absolute atomic E-state index is 13.1. The quantitative estimate of drug-likeness (QED) is 0.739. The van der Waals surface area contributed by atoms with Gasteiger partial charge in [0.2, 0.25) is 0 Å². The zero-order chi connectivity index (χ0) is 14.0. The van der Waals surface area contributed by atoms with E-state index in [1.807, 2.05) is 6.92 Å². The van der Waals surface area contributed by atoms with E-state index in [4.69, 9.17) is 23.2 Å². The van der Waals surface area contributed by atoms with E-state index in [0.29, 0.717) is 21.2 Å². The maximum Gasteiger partial charge on any atom is 0.167 e. The molecule has 0 heterocycles. The summed E-state index contributed by atoms with van der Waals surface area (Å²) in [6, 6.07) is 9.11. The fraction of sp³-hybridized carbons (Fsp3) is 0.133. The van der Waals surface area contributed by atoms with Crippen LogP contribution in [0.4, 0.5) is 4.39 Å². The molecule has 2 aromatic rings. The van der Waals surface area contributed by atoms with Crippen LogP contribution < -0.4 is 0 Å². The molecule has 0 aliphatic rings. The van der Waals surface area contributed by atoms with Crippen LogP contribution in [-0.4, -0.2) is 5.78 Å². The molecule has 0 aliphatic heterocycles. The van der Waals surface area contributed by atoms with E-state index >= 15 is 0 Å². The zero-order valence-electron chi connectivity index (χ0n) is 10.2. The maximum atomic E-state index is 13.1. The van der Waals surface area contributed by atoms with Crippen molar-refractivity contribution in [3.05, 3.63) is 69.0 Å². The second-order valence-electron chi connectivity index (χ2n) is 4.35. The van der Waals surface area contributed by atoms with Crippen LogP contribution in [0, 0.1) is 12.7 Å². The van der Waals surface area contributed by atoms with Gasteiger partial charge in [0.1, 0.15) is 5.82 Å². The fourth-order valence-corrected chi connectivity index (χ4v) is 2.33. The van der Waals surface area contributed by atoms with E-state index in [9.17, 15) is 9.18 Å². The molecule has 2 rings (SSSR count). The van der Waals surface area contributed by atoms with Crippen molar-refractivity contribution in [2.24, 2.45) is 0 Å². The number of halogens is 3. The van der Waals surface area contributed by atoms with Crippen LogP contribution in [-0.2, 0) is 6.42 Å². The molecule has 0 N–H and O–H groups in total. The first kappa shape index (κ1) is 14.0. The molecule has 98 valence electrons. The molecule has 0 bridgehead atoms. The summed E-state index contributed by atoms with van der Waals surface area (Å²) in [5, 5.41) is 0.891. The molecule has 0 saturated heterocycles. The number of hydrogen-bond donors (Lipinski definition) is 0. The number of carbonyl (C=O) groups excluding carboxylic acids is 1. The molecule has 4 heteroatoms. The summed E-state index contributed by atoms with van der Waals surface area (Å²) in [4.78, 5) is 12.1. The Balaban J connectivity index is 2.28. The van der Waals surface area contributed by atoms with Gasteiger partial charge in [-0.25, -0.2) is 4.39 Å². The van der Waals surface area contributed by atoms with E-state index in [0.717, 1.165) is 5.56 Å². The third kappa shape index (κ3) is 3.55. The molecule has 0 fully saturated rings. The van der Waals surface area contributed by atoms with Crippen LogP contribution in [0.15, 0.2) is 36.4 Å². The highest BCUT2D eigenvalue weighted by molar-refractivity contribution is 6.32. The summed E-state index contributed by atoms with van der Waals surface area (Å²) < 4.78 is 13.1. The number of rotatable bonds is 3. The predicted molar refractivity (Wildman–Crippen MR) is 75.6 cm³/mol. The van der Waals surface area contributed by atoms with Gasteiger partial charge in [-0.3, -0.25) is 4.79 Å². The molecule has 2 aromatic carbocycles. The van der Waals surface area contributed by atoms with Crippen LogP contribution in [0.25, 0.3) is 0 Å². The first-order valence-electron chi connectivity index (χ1n) is 5.70. The van der Waals surface area contributed by atoms with Gasteiger partial charge in [0.15, 0.2) is 5.78 Å². The van der Waals surface area contributed by atoms with Crippen LogP contribution in [0.2, 0.25) is 10.0 Å². The molecule has 19 heavy (non-hydrogen) atoms. The van der Waals surface area contributed by atoms with Crippen LogP contribution in [0.1, 0.15) is 21.5 Å². The lowest BCUT2D eigenvalue weighted by Gasteiger charge is -2.06. The van der Waals surface area contributed by atoms with Crippen molar-refractivity contribution in [2.75, 3.05) is 0 Å². The van der Waals surface area contributed by atoms with Gasteiger partial charge in [-0.1, -0.05) is 23.2 Å². The molecular weight excluding hydrogens is 286 g/mol. The van der Waals surface area contributed by atoms with Gasteiger partial charge in [-0.15, -0.1) is 0 Å². The highest BCUT2D eigenvalue weighted by Gasteiger charge is 2.11. The van der Waals surface area contributed by atoms with Crippen LogP contribution in [0.3, 0.4) is 0 Å². The van der Waals surface area contributed by atoms with Gasteiger partial charge in [0.05, 0.1) is 0 Å². The van der Waals surface area contributed by atoms with Crippen molar-refractivity contribution < 1.29 is 9.18 Å². The number of ketones is 1. The average Bonchev–Trinajstić information content (AvgIpc) is 2.32. The highest BCUT2D eigenvalue weighted by atomic mass is 35.5. The Bertz CT molecular complexity index is 618. The molecule has 1 nitrogen and oxygen atoms in total. The van der Waals surface area contributed by atoms with Gasteiger partial charge < -0.3 is 0 Å². The summed E-state index contributed by atoms with van der Waals surface area (Å²) in [6.45, 7) is 1.86. The van der Waals surface area contributed by atoms with Gasteiger partial charge >= 0.3 is 0 Å². The molecule has 0 radical (unpaired) electrons. The standard InChI is InChI=1S/C15H11Cl2FO/c1-9-4-11(6-12(16)5-9)15(19)8-10-7-13(18)2-3-14(10)17/h2-7H,8H2,1H3. The molecule has 0 aliphatic carbocycles. The summed E-state index contributed by atoms with van der Waals surface area (Å²) in [5.41, 5.74) is 1.89. The lowest BCUT2D eigenvalue weighted by Crippen LogP contribution is -2.05. The molecule has 0 aromatic heterocycles. The Kier molecular flexibility index (Phi) is 4.23. The summed E-state index contributed by atoms with van der Waals surface area (Å²) >= 11 is 11.9. The Hall–Kier alpha value is -1.38. The normalized spacial score (nSPS) is 10.5. The predicted octanol–water partition coefficient (Wildman–Crippen LogP) is 4.87. The average molecular weight is 297 g/mol. The number of carbonyl (C=O) groups is 1. The van der Waals surface area contributed by atoms with E-state index < -0.39 is 5.82 Å². The van der Waals surface area contributed by atoms with E-state index in [-0.39, 0.29) is 12.2 Å². The molecule has 0 saturated carbocycles. The zero-order valence-corrected chi connectivity index (χ0v) is 11.7. The lowest BCUT2D eigenvalue weighted by molar-refractivity contribution is 0.0993. The minimum Gasteiger partial charge on any atom is -0.294 e. The Labute approximate surface area is 121 Å². The number of hydrogen-bond acceptors (Lipinski definition) is 1. The van der Waals surface area contributed by atoms with Crippen molar-refractivity contribution in [2.45, 2.75) is 13.3 Å². The van der Waals surface area contributed by atoms with Crippen LogP contribution in [0.5, 0.6) is 0 Å². The van der Waals surface area contributed by atoms with Crippen molar-refractivity contribution in [3.63, 3.8) is 0 Å². The third-order valence-electron chi connectivity index (χ3n) is 2.72. The van der Waals surface area contributed by atoms with E-state index in [1.54, 1.807) is 18.2 Å². The molecule has 0 spiro atoms. The van der Waals surface area contributed by atoms with E-state index in [1.165, 1.54) is 18.2 Å². The fourth-order valence-electron chi connectivity index (χ4n) is 1.85. The number of Topliss-reactive ketones (excluding diaryl/α,β-unsaturated/α-hetero) is 1. The van der Waals surface area contributed by atoms with Crippen molar-refractivity contribution in [3.8, 4) is 0 Å². The van der Waals surface area contributed by atoms with Crippen molar-refractivity contribution in [1.29, 1.82) is 0 Å². The largest absolute Gasteiger partial charge is 0.294 e. The topological polar surface area (TPSA) is 17.1 Å². The molecular formula is C15H11Cl2FO. The first-order valence-corrected chi connectivity index (χ1v) is 6.45. The second-order valence-corrected chi connectivity index (χ2v) is 5.20. The summed E-state index contributed by atoms with van der Waals surface area (Å²) in [5.74, 6) is -0.549. The second kappa shape index (κ2) is 5.72. The minimum absolute atomic E-state index is 0.0520. The van der Waals surface area contributed by atoms with Gasteiger partial charge in [0, 0.05) is 22.0 Å². The highest BCUT2D eigenvalue weighted by Crippen LogP contribution is 2.21.